The lowest BCUT2D eigenvalue weighted by Crippen LogP contribution is -2.30. The van der Waals surface area contributed by atoms with Crippen LogP contribution in [0.1, 0.15) is 57.0 Å². The smallest absolute Gasteiger partial charge is 0.416 e. The molecule has 3 aromatic carbocycles. The van der Waals surface area contributed by atoms with E-state index >= 15 is 0 Å². The Labute approximate surface area is 225 Å². The molecule has 1 aromatic heterocycles. The zero-order chi connectivity index (χ0) is 27.4. The number of hydrogen-bond acceptors (Lipinski definition) is 4. The number of rotatable bonds is 7. The van der Waals surface area contributed by atoms with E-state index in [0.29, 0.717) is 43.0 Å². The van der Waals surface area contributed by atoms with Gasteiger partial charge in [0.2, 0.25) is 0 Å². The number of fused-ring (bicyclic) bond motifs is 1. The van der Waals surface area contributed by atoms with Gasteiger partial charge in [-0.2, -0.15) is 18.3 Å². The number of benzene rings is 3. The number of nitrogens with zero attached hydrogens (tertiary/aromatic N) is 2. The fraction of sp³-hybridized carbons (Fsp3) is 0.226. The highest BCUT2D eigenvalue weighted by atomic mass is 19.4. The number of carbonyl (C=O) groups is 1. The van der Waals surface area contributed by atoms with E-state index in [9.17, 15) is 18.0 Å². The van der Waals surface area contributed by atoms with Crippen LogP contribution in [0, 0.1) is 6.92 Å². The number of amides is 1. The number of anilines is 1. The monoisotopic (exact) mass is 531 g/mol. The minimum atomic E-state index is -4.44. The number of carbonyl (C=O) groups excluding carboxylic acids is 1. The Morgan fingerprint density at radius 2 is 1.56 bits per heavy atom. The van der Waals surface area contributed by atoms with Crippen LogP contribution in [0.5, 0.6) is 0 Å². The summed E-state index contributed by atoms with van der Waals surface area (Å²) in [5.41, 5.74) is 6.36. The summed E-state index contributed by atoms with van der Waals surface area (Å²) in [5.74, 6) is 0.714. The molecule has 8 heteroatoms. The maximum Gasteiger partial charge on any atom is 0.416 e. The van der Waals surface area contributed by atoms with Crippen molar-refractivity contribution in [1.82, 2.24) is 4.90 Å². The van der Waals surface area contributed by atoms with Crippen molar-refractivity contribution in [1.29, 1.82) is 0 Å². The minimum absolute atomic E-state index is 0.222. The number of alkyl halides is 3. The fourth-order valence-corrected chi connectivity index (χ4v) is 4.83. The zero-order valence-electron chi connectivity index (χ0n) is 21.5. The molecule has 0 bridgehead atoms. The number of furan rings is 1. The van der Waals surface area contributed by atoms with Crippen molar-refractivity contribution < 1.29 is 22.4 Å². The highest BCUT2D eigenvalue weighted by Crippen LogP contribution is 2.33. The summed E-state index contributed by atoms with van der Waals surface area (Å²) < 4.78 is 45.5. The molecule has 0 fully saturated rings. The van der Waals surface area contributed by atoms with E-state index in [-0.39, 0.29) is 17.4 Å². The van der Waals surface area contributed by atoms with Gasteiger partial charge < -0.3 is 9.32 Å². The number of hydrazone groups is 1. The van der Waals surface area contributed by atoms with Crippen LogP contribution in [-0.4, -0.2) is 16.5 Å². The Hall–Kier alpha value is -4.33. The lowest BCUT2D eigenvalue weighted by atomic mass is 9.93. The summed E-state index contributed by atoms with van der Waals surface area (Å²) in [6, 6.07) is 24.5. The van der Waals surface area contributed by atoms with Crippen molar-refractivity contribution in [3.8, 4) is 0 Å². The first-order valence-electron chi connectivity index (χ1n) is 12.8. The van der Waals surface area contributed by atoms with E-state index < -0.39 is 11.7 Å². The minimum Gasteiger partial charge on any atom is -0.455 e. The average molecular weight is 532 g/mol. The first-order valence-corrected chi connectivity index (χ1v) is 12.8. The second-order valence-corrected chi connectivity index (χ2v) is 9.59. The maximum atomic E-state index is 13.9. The summed E-state index contributed by atoms with van der Waals surface area (Å²) in [5, 5.41) is 4.45. The van der Waals surface area contributed by atoms with Gasteiger partial charge >= 0.3 is 6.18 Å². The third-order valence-electron chi connectivity index (χ3n) is 6.75. The van der Waals surface area contributed by atoms with Crippen LogP contribution < -0.4 is 5.43 Å². The van der Waals surface area contributed by atoms with Crippen molar-refractivity contribution >= 4 is 17.3 Å². The highest BCUT2D eigenvalue weighted by Gasteiger charge is 2.31. The molecule has 4 aromatic rings. The summed E-state index contributed by atoms with van der Waals surface area (Å²) in [4.78, 5) is 15.6. The Balaban J connectivity index is 1.44. The highest BCUT2D eigenvalue weighted by molar-refractivity contribution is 6.06. The van der Waals surface area contributed by atoms with Crippen molar-refractivity contribution in [2.75, 3.05) is 5.43 Å². The van der Waals surface area contributed by atoms with E-state index in [1.165, 1.54) is 12.1 Å². The zero-order valence-corrected chi connectivity index (χ0v) is 21.5. The van der Waals surface area contributed by atoms with E-state index in [1.807, 2.05) is 67.6 Å². The normalized spacial score (nSPS) is 14.2. The summed E-state index contributed by atoms with van der Waals surface area (Å²) >= 11 is 0. The molecule has 1 N–H and O–H groups in total. The molecule has 0 aliphatic heterocycles. The molecule has 1 aliphatic carbocycles. The predicted octanol–water partition coefficient (Wildman–Crippen LogP) is 7.60. The van der Waals surface area contributed by atoms with Crippen LogP contribution >= 0.6 is 0 Å². The molecular weight excluding hydrogens is 503 g/mol. The van der Waals surface area contributed by atoms with Crippen molar-refractivity contribution in [2.24, 2.45) is 5.10 Å². The van der Waals surface area contributed by atoms with Crippen molar-refractivity contribution in [2.45, 2.75) is 45.5 Å². The molecule has 0 saturated carbocycles. The first-order chi connectivity index (χ1) is 18.8. The van der Waals surface area contributed by atoms with Gasteiger partial charge in [-0.05, 0) is 49.1 Å². The number of halogens is 3. The molecule has 0 atom stereocenters. The first kappa shape index (κ1) is 26.3. The molecule has 1 amide bonds. The van der Waals surface area contributed by atoms with Crippen LogP contribution in [0.4, 0.5) is 18.9 Å². The largest absolute Gasteiger partial charge is 0.455 e. The maximum absolute atomic E-state index is 13.9. The number of aryl methyl sites for hydroxylation is 1. The standard InChI is InChI=1S/C31H28F3N3O2/c1-21-28-26(36-35-25-15-8-14-24(18-25)31(32,33)34)16-9-17-27(28)39-29(21)30(38)37(19-22-10-4-2-5-11-22)20-23-12-6-3-7-13-23/h2-8,10-15,18,35H,9,16-17,19-20H2,1H3/b36-26+. The van der Waals surface area contributed by atoms with E-state index in [2.05, 4.69) is 10.5 Å². The van der Waals surface area contributed by atoms with Gasteiger partial charge in [-0.25, -0.2) is 0 Å². The van der Waals surface area contributed by atoms with E-state index in [0.717, 1.165) is 35.2 Å². The Bertz CT molecular complexity index is 1440. The average Bonchev–Trinajstić information content (AvgIpc) is 3.29. The van der Waals surface area contributed by atoms with Gasteiger partial charge in [0.05, 0.1) is 17.0 Å². The molecule has 5 rings (SSSR count). The Kier molecular flexibility index (Phi) is 7.54. The Morgan fingerprint density at radius 3 is 2.18 bits per heavy atom. The SMILES string of the molecule is Cc1c(C(=O)N(Cc2ccccc2)Cc2ccccc2)oc2c1/C(=N/Nc1cccc(C(F)(F)F)c1)CCC2. The van der Waals surface area contributed by atoms with Crippen LogP contribution in [-0.2, 0) is 25.7 Å². The quantitative estimate of drug-likeness (QED) is 0.250. The summed E-state index contributed by atoms with van der Waals surface area (Å²) in [7, 11) is 0. The molecule has 39 heavy (non-hydrogen) atoms. The third-order valence-corrected chi connectivity index (χ3v) is 6.75. The van der Waals surface area contributed by atoms with Crippen LogP contribution in [0.25, 0.3) is 0 Å². The lowest BCUT2D eigenvalue weighted by molar-refractivity contribution is -0.137. The van der Waals surface area contributed by atoms with Crippen LogP contribution in [0.2, 0.25) is 0 Å². The van der Waals surface area contributed by atoms with Gasteiger partial charge in [-0.15, -0.1) is 0 Å². The molecule has 0 radical (unpaired) electrons. The number of hydrogen-bond donors (Lipinski definition) is 1. The van der Waals surface area contributed by atoms with Gasteiger partial charge in [-0.3, -0.25) is 10.2 Å². The van der Waals surface area contributed by atoms with Crippen molar-refractivity contribution in [3.63, 3.8) is 0 Å². The second kappa shape index (κ2) is 11.2. The van der Waals surface area contributed by atoms with Gasteiger partial charge in [0.25, 0.3) is 5.91 Å². The number of nitrogens with one attached hydrogen (secondary N) is 1. The van der Waals surface area contributed by atoms with E-state index in [4.69, 9.17) is 4.42 Å². The van der Waals surface area contributed by atoms with Crippen LogP contribution in [0.3, 0.4) is 0 Å². The third kappa shape index (κ3) is 6.06. The molecule has 0 spiro atoms. The predicted molar refractivity (Wildman–Crippen MR) is 144 cm³/mol. The Morgan fingerprint density at radius 1 is 0.923 bits per heavy atom. The second-order valence-electron chi connectivity index (χ2n) is 9.59. The lowest BCUT2D eigenvalue weighted by Gasteiger charge is -2.22. The molecule has 0 saturated heterocycles. The molecule has 0 unspecified atom stereocenters. The van der Waals surface area contributed by atoms with E-state index in [1.54, 1.807) is 4.90 Å². The van der Waals surface area contributed by atoms with Gasteiger partial charge in [0.1, 0.15) is 5.76 Å². The van der Waals surface area contributed by atoms with Crippen LogP contribution in [0.15, 0.2) is 94.4 Å². The van der Waals surface area contributed by atoms with Crippen molar-refractivity contribution in [3.05, 3.63) is 124 Å². The molecule has 1 heterocycles. The molecular formula is C31H28F3N3O2. The molecule has 1 aliphatic rings. The van der Waals surface area contributed by atoms with Gasteiger partial charge in [0, 0.05) is 30.6 Å². The molecule has 200 valence electrons. The fourth-order valence-electron chi connectivity index (χ4n) is 4.83. The van der Waals surface area contributed by atoms with Gasteiger partial charge in [-0.1, -0.05) is 66.7 Å². The topological polar surface area (TPSA) is 57.8 Å². The molecule has 5 nitrogen and oxygen atoms in total. The summed E-state index contributed by atoms with van der Waals surface area (Å²) in [6.45, 7) is 2.67. The summed E-state index contributed by atoms with van der Waals surface area (Å²) in [6.07, 6.45) is -2.41. The van der Waals surface area contributed by atoms with Gasteiger partial charge in [0.15, 0.2) is 5.76 Å².